The Hall–Kier alpha value is -4.22. The van der Waals surface area contributed by atoms with E-state index in [4.69, 9.17) is 56.8 Å². The van der Waals surface area contributed by atoms with Crippen LogP contribution >= 0.6 is 0 Å². The van der Waals surface area contributed by atoms with Crippen LogP contribution in [-0.4, -0.2) is 390 Å². The second-order valence-corrected chi connectivity index (χ2v) is 33.5. The molecule has 716 valence electrons. The maximum absolute atomic E-state index is 14.0. The molecule has 0 radical (unpaired) electrons. The molecule has 24 N–H and O–H groups in total. The van der Waals surface area contributed by atoms with Gasteiger partial charge in [-0.15, -0.1) is 0 Å². The van der Waals surface area contributed by atoms with Crippen molar-refractivity contribution in [2.45, 2.75) is 422 Å². The minimum absolute atomic E-state index is 0.121. The fraction of sp³-hybridized carbons (Fsp3) is 0.926. The summed E-state index contributed by atoms with van der Waals surface area (Å²) in [6.07, 6.45) is -39.2. The van der Waals surface area contributed by atoms with Gasteiger partial charge in [0.05, 0.1) is 88.8 Å². The van der Waals surface area contributed by atoms with Crippen LogP contribution in [-0.2, 0) is 85.6 Å². The van der Waals surface area contributed by atoms with Gasteiger partial charge < -0.3 is 185 Å². The SMILES string of the molecule is CCCCCCCCCCCCCCCC(O)C(COC1OC(CO)C(OC2OC(CO)C(OC3OC(CO)C(O)C(OC4OC(CO)C(O)C(OC5(C(=O)O)CC(O)C(NC(C)=O)C(C(O)C(O)CO)O5)C4O)C3CC(C)=O)C(OC3(C(=O)O)CC(O)C(NC(C)=O)C(C(O)C(O)CO)O3)C2O)C(O)C1O)NC(=O)CCCCCCCCCCCCC. The summed E-state index contributed by atoms with van der Waals surface area (Å²) in [5, 5.41) is 245. The van der Waals surface area contributed by atoms with Crippen molar-refractivity contribution in [3.05, 3.63) is 0 Å². The highest BCUT2D eigenvalue weighted by atomic mass is 16.8. The summed E-state index contributed by atoms with van der Waals surface area (Å²) in [5.74, 6) is -16.0. The third-order valence-electron chi connectivity index (χ3n) is 23.7. The Morgan fingerprint density at radius 3 is 1.21 bits per heavy atom. The molecule has 6 aliphatic rings. The summed E-state index contributed by atoms with van der Waals surface area (Å²) in [5.41, 5.74) is 0. The van der Waals surface area contributed by atoms with Crippen LogP contribution < -0.4 is 16.0 Å². The van der Waals surface area contributed by atoms with Gasteiger partial charge in [-0.25, -0.2) is 9.59 Å². The molecule has 0 saturated carbocycles. The van der Waals surface area contributed by atoms with Crippen LogP contribution in [0.15, 0.2) is 0 Å². The van der Waals surface area contributed by atoms with Crippen LogP contribution in [0.3, 0.4) is 0 Å². The second-order valence-electron chi connectivity index (χ2n) is 33.5. The average molecular weight is 1780 g/mol. The fourth-order valence-corrected chi connectivity index (χ4v) is 16.7. The number of carboxylic acid groups (broad SMARTS) is 2. The van der Waals surface area contributed by atoms with Gasteiger partial charge in [0.25, 0.3) is 11.6 Å². The Morgan fingerprint density at radius 1 is 0.415 bits per heavy atom. The molecule has 0 aromatic rings. The highest BCUT2D eigenvalue weighted by Crippen LogP contribution is 2.44. The van der Waals surface area contributed by atoms with Crippen molar-refractivity contribution in [2.24, 2.45) is 5.92 Å². The van der Waals surface area contributed by atoms with Gasteiger partial charge in [-0.3, -0.25) is 14.4 Å². The van der Waals surface area contributed by atoms with Gasteiger partial charge in [0.1, 0.15) is 128 Å². The molecule has 6 aliphatic heterocycles. The third-order valence-corrected chi connectivity index (χ3v) is 23.7. The number of hydrogen-bond donors (Lipinski definition) is 24. The molecule has 42 heteroatoms. The van der Waals surface area contributed by atoms with Gasteiger partial charge in [-0.05, 0) is 19.8 Å². The maximum atomic E-state index is 14.0. The summed E-state index contributed by atoms with van der Waals surface area (Å²) >= 11 is 0. The lowest BCUT2D eigenvalue weighted by Crippen LogP contribution is -2.71. The molecule has 6 fully saturated rings. The number of rotatable bonds is 57. The number of carbonyl (C=O) groups excluding carboxylic acids is 4. The Morgan fingerprint density at radius 2 is 0.789 bits per heavy atom. The summed E-state index contributed by atoms with van der Waals surface area (Å²) in [6.45, 7) is -0.587. The van der Waals surface area contributed by atoms with E-state index in [0.717, 1.165) is 85.0 Å². The van der Waals surface area contributed by atoms with E-state index >= 15 is 0 Å². The van der Waals surface area contributed by atoms with Gasteiger partial charge >= 0.3 is 11.9 Å². The van der Waals surface area contributed by atoms with Crippen LogP contribution in [0.5, 0.6) is 0 Å². The number of aliphatic hydroxyl groups excluding tert-OH is 19. The normalized spacial score (nSPS) is 35.8. The van der Waals surface area contributed by atoms with Crippen LogP contribution in [0.4, 0.5) is 0 Å². The van der Waals surface area contributed by atoms with E-state index in [9.17, 15) is 136 Å². The minimum Gasteiger partial charge on any atom is -0.477 e. The fourth-order valence-electron chi connectivity index (χ4n) is 16.7. The first kappa shape index (κ1) is 108. The topological polar surface area (TPSA) is 674 Å². The second kappa shape index (κ2) is 53.8. The van der Waals surface area contributed by atoms with E-state index in [2.05, 4.69) is 29.8 Å². The lowest BCUT2D eigenvalue weighted by molar-refractivity contribution is -0.408. The molecule has 0 aromatic heterocycles. The van der Waals surface area contributed by atoms with Crippen LogP contribution in [0.25, 0.3) is 0 Å². The smallest absolute Gasteiger partial charge is 0.364 e. The van der Waals surface area contributed by atoms with Gasteiger partial charge in [0.15, 0.2) is 25.2 Å². The first-order chi connectivity index (χ1) is 58.6. The molecule has 0 aromatic carbocycles. The van der Waals surface area contributed by atoms with E-state index in [1.807, 2.05) is 0 Å². The molecule has 123 heavy (non-hydrogen) atoms. The Kier molecular flexibility index (Phi) is 47.0. The number of nitrogens with one attached hydrogen (secondary N) is 3. The third kappa shape index (κ3) is 30.7. The van der Waals surface area contributed by atoms with E-state index in [1.54, 1.807) is 0 Å². The van der Waals surface area contributed by atoms with Crippen molar-refractivity contribution in [3.8, 4) is 0 Å². The molecule has 34 unspecified atom stereocenters. The van der Waals surface area contributed by atoms with Crippen molar-refractivity contribution in [1.29, 1.82) is 0 Å². The number of aliphatic carboxylic acids is 2. The minimum atomic E-state index is -3.48. The number of ketones is 1. The van der Waals surface area contributed by atoms with Gasteiger partial charge in [0.2, 0.25) is 17.7 Å². The molecule has 0 aliphatic carbocycles. The van der Waals surface area contributed by atoms with Crippen LogP contribution in [0, 0.1) is 5.92 Å². The number of amides is 3. The summed E-state index contributed by atoms with van der Waals surface area (Å²) < 4.78 is 72.7. The van der Waals surface area contributed by atoms with Crippen molar-refractivity contribution >= 4 is 35.4 Å². The highest BCUT2D eigenvalue weighted by molar-refractivity contribution is 5.78. The van der Waals surface area contributed by atoms with E-state index in [1.165, 1.54) is 77.0 Å². The quantitative estimate of drug-likeness (QED) is 0.0257. The molecule has 6 saturated heterocycles. The summed E-state index contributed by atoms with van der Waals surface area (Å²) in [4.78, 5) is 79.6. The van der Waals surface area contributed by atoms with Gasteiger partial charge in [-0.1, -0.05) is 162 Å². The lowest BCUT2D eigenvalue weighted by atomic mass is 9.86. The number of hydrogen-bond acceptors (Lipinski definition) is 37. The largest absolute Gasteiger partial charge is 0.477 e. The predicted molar refractivity (Wildman–Crippen MR) is 423 cm³/mol. The average Bonchev–Trinajstić information content (AvgIpc) is 0.746. The zero-order valence-electron chi connectivity index (χ0n) is 71.2. The molecule has 6 rings (SSSR count). The van der Waals surface area contributed by atoms with Crippen molar-refractivity contribution in [3.63, 3.8) is 0 Å². The molecular weight excluding hydrogens is 1640 g/mol. The van der Waals surface area contributed by atoms with Crippen molar-refractivity contribution in [1.82, 2.24) is 16.0 Å². The monoisotopic (exact) mass is 1780 g/mol. The molecule has 6 heterocycles. The van der Waals surface area contributed by atoms with Crippen molar-refractivity contribution < 1.29 is 193 Å². The lowest BCUT2D eigenvalue weighted by Gasteiger charge is -2.53. The van der Waals surface area contributed by atoms with E-state index in [-0.39, 0.29) is 18.7 Å². The Balaban J connectivity index is 1.32. The number of Topliss-reactive ketones (excluding diaryl/α,β-unsaturated/α-hetero) is 1. The molecule has 3 amide bonds. The number of unbranched alkanes of at least 4 members (excludes halogenated alkanes) is 22. The number of carboxylic acids is 2. The zero-order chi connectivity index (χ0) is 91.0. The Bertz CT molecular complexity index is 3070. The van der Waals surface area contributed by atoms with Gasteiger partial charge in [-0.2, -0.15) is 0 Å². The zero-order valence-corrected chi connectivity index (χ0v) is 71.2. The molecule has 34 atom stereocenters. The summed E-state index contributed by atoms with van der Waals surface area (Å²) in [7, 11) is 0. The van der Waals surface area contributed by atoms with Crippen LogP contribution in [0.2, 0.25) is 0 Å². The predicted octanol–water partition coefficient (Wildman–Crippen LogP) is -4.11. The van der Waals surface area contributed by atoms with E-state index < -0.39 is 302 Å². The maximum Gasteiger partial charge on any atom is 0.364 e. The van der Waals surface area contributed by atoms with Gasteiger partial charge in [0, 0.05) is 45.4 Å². The van der Waals surface area contributed by atoms with Crippen LogP contribution in [0.1, 0.15) is 221 Å². The number of aliphatic hydroxyl groups is 19. The number of ether oxygens (including phenoxy) is 12. The highest BCUT2D eigenvalue weighted by Gasteiger charge is 2.64. The molecule has 42 nitrogen and oxygen atoms in total. The first-order valence-electron chi connectivity index (χ1n) is 43.8. The molecule has 0 spiro atoms. The summed E-state index contributed by atoms with van der Waals surface area (Å²) in [6, 6.07) is -4.68. The van der Waals surface area contributed by atoms with E-state index in [0.29, 0.717) is 12.8 Å². The number of carbonyl (C=O) groups is 6. The standard InChI is InChI=1S/C81H143N3O39/c1-6-8-10-12-14-16-18-19-21-22-24-26-28-30-47(94)46(84-56(99)31-29-27-25-23-20-17-15-13-11-9-7-2)41-112-75-64(105)63(104)68(54(39-89)115-75)118-77-66(107)73(123-81(79(110)111)34-49(96)58(83-44(5)93)71(121-81)60(101)51(98)36-86)69(55(40-90)116-77)119-74-45(32-42(3)91)67(61(102)52(37-87)113-74)117-76-65(106)72(62(103)53(38-88)114-76)122-80(78(108)109)33-48(95)57(82-43(4)92)70(120-80)59(100)50(97)35-85/h45-55,57-77,85-90,94-98,100-107H,6-41H2,1-5H3,(H,82,92)(H,83,93)(H,84,99)(H,108,109)(H,110,111). The Labute approximate surface area is 716 Å². The molecular formula is C81H143N3O39. The first-order valence-corrected chi connectivity index (χ1v) is 43.8. The van der Waals surface area contributed by atoms with Crippen molar-refractivity contribution in [2.75, 3.05) is 46.2 Å². The molecule has 0 bridgehead atoms.